The normalized spacial score (nSPS) is 7.93. The molecule has 80 valence electrons. The summed E-state index contributed by atoms with van der Waals surface area (Å²) in [7, 11) is -2.17. The van der Waals surface area contributed by atoms with Crippen molar-refractivity contribution in [2.45, 2.75) is 0 Å². The number of carboxylic acids is 1. The zero-order chi connectivity index (χ0) is 11.1. The van der Waals surface area contributed by atoms with Crippen LogP contribution in [0.1, 0.15) is 10.4 Å². The van der Waals surface area contributed by atoms with Gasteiger partial charge in [0.25, 0.3) is 0 Å². The van der Waals surface area contributed by atoms with Crippen molar-refractivity contribution in [3.05, 3.63) is 29.8 Å². The average molecular weight is 242 g/mol. The van der Waals surface area contributed by atoms with Gasteiger partial charge in [0.05, 0.1) is 0 Å². The summed E-state index contributed by atoms with van der Waals surface area (Å²) in [4.78, 5) is 10.3. The fourth-order valence-electron chi connectivity index (χ4n) is 0.654. The van der Waals surface area contributed by atoms with Crippen LogP contribution in [0.5, 0.6) is 5.75 Å². The summed E-state index contributed by atoms with van der Waals surface area (Å²) in [5, 5.41) is 38.8. The van der Waals surface area contributed by atoms with E-state index in [1.807, 2.05) is 0 Å². The number of phenols is 1. The molecule has 0 aliphatic heterocycles. The number of benzene rings is 1. The molecule has 0 unspecified atom stereocenters. The van der Waals surface area contributed by atoms with Crippen molar-refractivity contribution >= 4 is 51.0 Å². The van der Waals surface area contributed by atoms with Crippen molar-refractivity contribution in [3.8, 4) is 5.75 Å². The topological polar surface area (TPSA) is 118 Å². The molecule has 1 rings (SSSR count). The average Bonchev–Trinajstić information content (AvgIpc) is 2.03. The van der Waals surface area contributed by atoms with Crippen LogP contribution in [0, 0.1) is 0 Å². The Kier molecular flexibility index (Phi) is 10.2. The van der Waals surface area contributed by atoms with Gasteiger partial charge in [0.1, 0.15) is 11.3 Å². The summed E-state index contributed by atoms with van der Waals surface area (Å²) in [5.41, 5.74) is -0.0671. The van der Waals surface area contributed by atoms with Crippen molar-refractivity contribution in [3.63, 3.8) is 0 Å². The number of hydrogen-bond donors (Lipinski definition) is 5. The van der Waals surface area contributed by atoms with Gasteiger partial charge >= 0.3 is 51.0 Å². The molecular weight excluding hydrogens is 231 g/mol. The molecular formula is C7H11BCaO6. The molecule has 0 saturated carbocycles. The first-order valence-electron chi connectivity index (χ1n) is 3.50. The molecule has 1 aromatic rings. The summed E-state index contributed by atoms with van der Waals surface area (Å²) in [6.07, 6.45) is 0. The maximum atomic E-state index is 10.3. The monoisotopic (exact) mass is 242 g/mol. The molecule has 15 heavy (non-hydrogen) atoms. The molecule has 0 bridgehead atoms. The quantitative estimate of drug-likeness (QED) is 0.368. The third kappa shape index (κ3) is 8.67. The molecule has 1 aromatic carbocycles. The predicted molar refractivity (Wildman–Crippen MR) is 56.0 cm³/mol. The van der Waals surface area contributed by atoms with Gasteiger partial charge in [0.15, 0.2) is 0 Å². The fraction of sp³-hybridized carbons (Fsp3) is 0. The van der Waals surface area contributed by atoms with Crippen molar-refractivity contribution < 1.29 is 30.1 Å². The van der Waals surface area contributed by atoms with Gasteiger partial charge in [0.2, 0.25) is 0 Å². The van der Waals surface area contributed by atoms with Gasteiger partial charge in [-0.05, 0) is 12.1 Å². The van der Waals surface area contributed by atoms with Crippen LogP contribution in [0.4, 0.5) is 0 Å². The Labute approximate surface area is 116 Å². The molecule has 0 fully saturated rings. The number of para-hydroxylation sites is 1. The van der Waals surface area contributed by atoms with E-state index in [4.69, 9.17) is 25.3 Å². The molecule has 5 N–H and O–H groups in total. The van der Waals surface area contributed by atoms with Gasteiger partial charge in [-0.1, -0.05) is 12.1 Å². The van der Waals surface area contributed by atoms with E-state index in [9.17, 15) is 4.79 Å². The number of carbonyl (C=O) groups is 1. The minimum absolute atomic E-state index is 0. The van der Waals surface area contributed by atoms with Crippen molar-refractivity contribution in [1.29, 1.82) is 0 Å². The van der Waals surface area contributed by atoms with Crippen LogP contribution in [-0.4, -0.2) is 76.3 Å². The first-order valence-corrected chi connectivity index (χ1v) is 3.50. The van der Waals surface area contributed by atoms with Crippen LogP contribution in [-0.2, 0) is 0 Å². The van der Waals surface area contributed by atoms with Gasteiger partial charge in [-0.25, -0.2) is 4.79 Å². The minimum atomic E-state index is -2.17. The molecule has 8 heteroatoms. The van der Waals surface area contributed by atoms with Gasteiger partial charge in [-0.3, -0.25) is 0 Å². The molecule has 0 saturated heterocycles. The van der Waals surface area contributed by atoms with Gasteiger partial charge < -0.3 is 25.3 Å². The van der Waals surface area contributed by atoms with E-state index in [1.165, 1.54) is 12.1 Å². The van der Waals surface area contributed by atoms with E-state index in [0.717, 1.165) is 0 Å². The molecule has 0 aliphatic rings. The molecule has 0 aliphatic carbocycles. The summed E-state index contributed by atoms with van der Waals surface area (Å²) >= 11 is 0. The maximum absolute atomic E-state index is 10.3. The number of aromatic carboxylic acids is 1. The Hall–Kier alpha value is -0.305. The van der Waals surface area contributed by atoms with Crippen molar-refractivity contribution in [2.75, 3.05) is 0 Å². The van der Waals surface area contributed by atoms with Gasteiger partial charge in [-0.15, -0.1) is 0 Å². The SMILES string of the molecule is O=C(O)c1ccccc1O.OB(O)O.[CaH2]. The Morgan fingerprint density at radius 2 is 1.53 bits per heavy atom. The van der Waals surface area contributed by atoms with E-state index < -0.39 is 13.3 Å². The van der Waals surface area contributed by atoms with E-state index >= 15 is 0 Å². The second-order valence-corrected chi connectivity index (χ2v) is 2.17. The number of aromatic hydroxyl groups is 1. The Morgan fingerprint density at radius 1 is 1.13 bits per heavy atom. The van der Waals surface area contributed by atoms with Crippen molar-refractivity contribution in [1.82, 2.24) is 0 Å². The molecule has 0 aromatic heterocycles. The summed E-state index contributed by atoms with van der Waals surface area (Å²) in [5.74, 6) is -1.31. The van der Waals surface area contributed by atoms with E-state index in [0.29, 0.717) is 0 Å². The number of hydrogen-bond acceptors (Lipinski definition) is 5. The molecule has 0 atom stereocenters. The first kappa shape index (κ1) is 17.1. The zero-order valence-electron chi connectivity index (χ0n) is 7.03. The van der Waals surface area contributed by atoms with E-state index in [2.05, 4.69) is 0 Å². The van der Waals surface area contributed by atoms with Crippen LogP contribution in [0.15, 0.2) is 24.3 Å². The summed E-state index contributed by atoms with van der Waals surface area (Å²) < 4.78 is 0. The molecule has 6 nitrogen and oxygen atoms in total. The second-order valence-electron chi connectivity index (χ2n) is 2.17. The summed E-state index contributed by atoms with van der Waals surface area (Å²) in [6, 6.07) is 5.81. The standard InChI is InChI=1S/C7H6O3.BH3O3.Ca.2H/c8-6-4-2-1-3-5(6)7(9)10;2-1(3)4;;;/h1-4,8H,(H,9,10);2-4H;;;. The van der Waals surface area contributed by atoms with Crippen molar-refractivity contribution in [2.24, 2.45) is 0 Å². The van der Waals surface area contributed by atoms with E-state index in [1.54, 1.807) is 12.1 Å². The Morgan fingerprint density at radius 3 is 1.80 bits per heavy atom. The molecule has 0 radical (unpaired) electrons. The van der Waals surface area contributed by atoms with Crippen LogP contribution in [0.2, 0.25) is 0 Å². The predicted octanol–water partition coefficient (Wildman–Crippen LogP) is -1.88. The van der Waals surface area contributed by atoms with E-state index in [-0.39, 0.29) is 49.1 Å². The number of rotatable bonds is 1. The van der Waals surface area contributed by atoms with Crippen LogP contribution >= 0.6 is 0 Å². The second kappa shape index (κ2) is 8.96. The fourth-order valence-corrected chi connectivity index (χ4v) is 0.654. The zero-order valence-corrected chi connectivity index (χ0v) is 7.03. The Balaban J connectivity index is 0. The van der Waals surface area contributed by atoms with Crippen LogP contribution < -0.4 is 0 Å². The van der Waals surface area contributed by atoms with Gasteiger partial charge in [0, 0.05) is 0 Å². The molecule has 0 spiro atoms. The van der Waals surface area contributed by atoms with Crippen LogP contribution in [0.3, 0.4) is 0 Å². The third-order valence-electron chi connectivity index (χ3n) is 1.13. The third-order valence-corrected chi connectivity index (χ3v) is 1.13. The molecule has 0 heterocycles. The van der Waals surface area contributed by atoms with Crippen LogP contribution in [0.25, 0.3) is 0 Å². The first-order chi connectivity index (χ1) is 6.45. The van der Waals surface area contributed by atoms with Gasteiger partial charge in [-0.2, -0.15) is 0 Å². The Bertz CT molecular complexity index is 303. The summed E-state index contributed by atoms with van der Waals surface area (Å²) in [6.45, 7) is 0. The number of carboxylic acid groups (broad SMARTS) is 1. The molecule has 0 amide bonds.